The molecule has 2 aromatic rings. The van der Waals surface area contributed by atoms with E-state index in [0.717, 1.165) is 31.5 Å². The van der Waals surface area contributed by atoms with Crippen LogP contribution in [0.5, 0.6) is 0 Å². The molecular weight excluding hydrogens is 310 g/mol. The second-order valence-electron chi connectivity index (χ2n) is 5.78. The molecule has 0 bridgehead atoms. The maximum atomic E-state index is 12.3. The molecule has 1 aromatic carbocycles. The Morgan fingerprint density at radius 1 is 1.25 bits per heavy atom. The quantitative estimate of drug-likeness (QED) is 0.863. The summed E-state index contributed by atoms with van der Waals surface area (Å²) >= 11 is 0. The molecule has 1 aliphatic rings. The Morgan fingerprint density at radius 2 is 1.92 bits per heavy atom. The lowest BCUT2D eigenvalue weighted by atomic mass is 10.1. The van der Waals surface area contributed by atoms with Gasteiger partial charge in [0.25, 0.3) is 5.91 Å². The molecule has 0 spiro atoms. The number of carbonyl (C=O) groups excluding carboxylic acids is 2. The number of anilines is 1. The number of aromatic nitrogens is 1. The molecule has 0 aliphatic carbocycles. The average molecular weight is 329 g/mol. The summed E-state index contributed by atoms with van der Waals surface area (Å²) in [6, 6.07) is 7.06. The van der Waals surface area contributed by atoms with Crippen LogP contribution in [0.1, 0.15) is 44.8 Å². The van der Waals surface area contributed by atoms with Crippen LogP contribution in [0.25, 0.3) is 0 Å². The van der Waals surface area contributed by atoms with Gasteiger partial charge in [0, 0.05) is 18.7 Å². The lowest BCUT2D eigenvalue weighted by molar-refractivity contribution is 0.0472. The van der Waals surface area contributed by atoms with Crippen molar-refractivity contribution in [3.63, 3.8) is 0 Å². The van der Waals surface area contributed by atoms with Gasteiger partial charge in [0.1, 0.15) is 12.2 Å². The number of nitrogens with zero attached hydrogens (tertiary/aromatic N) is 2. The number of ether oxygens (including phenoxy) is 1. The first-order valence-electron chi connectivity index (χ1n) is 7.83. The van der Waals surface area contributed by atoms with E-state index in [4.69, 9.17) is 15.0 Å². The number of hydrogen-bond acceptors (Lipinski definition) is 6. The van der Waals surface area contributed by atoms with E-state index in [9.17, 15) is 9.59 Å². The summed E-state index contributed by atoms with van der Waals surface area (Å²) < 4.78 is 9.96. The van der Waals surface area contributed by atoms with Gasteiger partial charge in [0.05, 0.1) is 5.69 Å². The Kier molecular flexibility index (Phi) is 4.50. The molecule has 0 radical (unpaired) electrons. The second-order valence-corrected chi connectivity index (χ2v) is 5.78. The molecule has 1 aromatic heterocycles. The van der Waals surface area contributed by atoms with Gasteiger partial charge in [-0.1, -0.05) is 17.3 Å². The number of nitrogens with two attached hydrogens (primary N) is 1. The highest BCUT2D eigenvalue weighted by Gasteiger charge is 2.21. The molecular formula is C17H19N3O4. The third-order valence-electron chi connectivity index (χ3n) is 4.06. The van der Waals surface area contributed by atoms with Crippen molar-refractivity contribution < 1.29 is 18.8 Å². The van der Waals surface area contributed by atoms with Crippen molar-refractivity contribution in [2.75, 3.05) is 18.8 Å². The van der Waals surface area contributed by atoms with Gasteiger partial charge < -0.3 is 19.9 Å². The van der Waals surface area contributed by atoms with Gasteiger partial charge in [-0.15, -0.1) is 0 Å². The van der Waals surface area contributed by atoms with Crippen LogP contribution in [0.4, 0.5) is 5.88 Å². The maximum absolute atomic E-state index is 12.3. The van der Waals surface area contributed by atoms with Crippen LogP contribution in [-0.4, -0.2) is 35.0 Å². The predicted molar refractivity (Wildman–Crippen MR) is 86.4 cm³/mol. The SMILES string of the molecule is Cc1noc(N)c1C(=O)OCc1ccc(C(=O)N2CCCC2)cc1. The standard InChI is InChI=1S/C17H19N3O4/c1-11-14(15(18)24-19-11)17(22)23-10-12-4-6-13(7-5-12)16(21)20-8-2-3-9-20/h4-7H,2-3,8-10,18H2,1H3. The third kappa shape index (κ3) is 3.24. The van der Waals surface area contributed by atoms with Crippen LogP contribution in [0.15, 0.2) is 28.8 Å². The number of hydrogen-bond donors (Lipinski definition) is 1. The molecule has 3 rings (SSSR count). The summed E-state index contributed by atoms with van der Waals surface area (Å²) in [6.07, 6.45) is 2.12. The van der Waals surface area contributed by atoms with Gasteiger partial charge in [-0.2, -0.15) is 0 Å². The molecule has 1 fully saturated rings. The van der Waals surface area contributed by atoms with Gasteiger partial charge in [-0.3, -0.25) is 4.79 Å². The zero-order valence-corrected chi connectivity index (χ0v) is 13.4. The minimum Gasteiger partial charge on any atom is -0.457 e. The van der Waals surface area contributed by atoms with E-state index in [0.29, 0.717) is 11.3 Å². The Hall–Kier alpha value is -2.83. The van der Waals surface area contributed by atoms with Crippen LogP contribution in [0.3, 0.4) is 0 Å². The van der Waals surface area contributed by atoms with Crippen molar-refractivity contribution >= 4 is 17.8 Å². The lowest BCUT2D eigenvalue weighted by Crippen LogP contribution is -2.27. The first-order valence-corrected chi connectivity index (χ1v) is 7.83. The Bertz CT molecular complexity index is 726. The molecule has 1 amide bonds. The molecule has 1 aliphatic heterocycles. The van der Waals surface area contributed by atoms with Crippen LogP contribution in [0, 0.1) is 6.92 Å². The largest absolute Gasteiger partial charge is 0.457 e. The van der Waals surface area contributed by atoms with Crippen molar-refractivity contribution in [1.82, 2.24) is 10.1 Å². The highest BCUT2D eigenvalue weighted by Crippen LogP contribution is 2.18. The number of aryl methyl sites for hydroxylation is 1. The monoisotopic (exact) mass is 329 g/mol. The second kappa shape index (κ2) is 6.74. The summed E-state index contributed by atoms with van der Waals surface area (Å²) in [5, 5.41) is 3.62. The van der Waals surface area contributed by atoms with Crippen LogP contribution < -0.4 is 5.73 Å². The Morgan fingerprint density at radius 3 is 2.50 bits per heavy atom. The highest BCUT2D eigenvalue weighted by atomic mass is 16.5. The van der Waals surface area contributed by atoms with E-state index in [1.165, 1.54) is 0 Å². The van der Waals surface area contributed by atoms with Crippen molar-refractivity contribution in [2.45, 2.75) is 26.4 Å². The Labute approximate surface area is 139 Å². The van der Waals surface area contributed by atoms with Gasteiger partial charge in [0.15, 0.2) is 0 Å². The zero-order chi connectivity index (χ0) is 17.1. The van der Waals surface area contributed by atoms with E-state index >= 15 is 0 Å². The fourth-order valence-corrected chi connectivity index (χ4v) is 2.70. The molecule has 0 saturated carbocycles. The fraction of sp³-hybridized carbons (Fsp3) is 0.353. The van der Waals surface area contributed by atoms with Crippen LogP contribution >= 0.6 is 0 Å². The minimum atomic E-state index is -0.580. The predicted octanol–water partition coefficient (Wildman–Crippen LogP) is 2.16. The number of rotatable bonds is 4. The molecule has 126 valence electrons. The number of esters is 1. The van der Waals surface area contributed by atoms with Gasteiger partial charge >= 0.3 is 5.97 Å². The molecule has 0 atom stereocenters. The van der Waals surface area contributed by atoms with Crippen molar-refractivity contribution in [2.24, 2.45) is 0 Å². The summed E-state index contributed by atoms with van der Waals surface area (Å²) in [5.41, 5.74) is 7.52. The number of amides is 1. The molecule has 24 heavy (non-hydrogen) atoms. The van der Waals surface area contributed by atoms with Gasteiger partial charge in [-0.25, -0.2) is 4.79 Å². The minimum absolute atomic E-state index is 0.0453. The van der Waals surface area contributed by atoms with Gasteiger partial charge in [0.2, 0.25) is 5.88 Å². The Balaban J connectivity index is 1.60. The normalized spacial score (nSPS) is 14.0. The molecule has 2 heterocycles. The van der Waals surface area contributed by atoms with Crippen LogP contribution in [-0.2, 0) is 11.3 Å². The number of nitrogen functional groups attached to an aromatic ring is 1. The van der Waals surface area contributed by atoms with E-state index < -0.39 is 5.97 Å². The average Bonchev–Trinajstić information content (AvgIpc) is 3.23. The summed E-state index contributed by atoms with van der Waals surface area (Å²) in [6.45, 7) is 3.34. The smallest absolute Gasteiger partial charge is 0.346 e. The van der Waals surface area contributed by atoms with Crippen molar-refractivity contribution in [3.8, 4) is 0 Å². The van der Waals surface area contributed by atoms with E-state index in [1.54, 1.807) is 31.2 Å². The first kappa shape index (κ1) is 16.0. The number of likely N-dealkylation sites (tertiary alicyclic amines) is 1. The summed E-state index contributed by atoms with van der Waals surface area (Å²) in [4.78, 5) is 26.1. The van der Waals surface area contributed by atoms with E-state index in [2.05, 4.69) is 5.16 Å². The van der Waals surface area contributed by atoms with Crippen LogP contribution in [0.2, 0.25) is 0 Å². The summed E-state index contributed by atoms with van der Waals surface area (Å²) in [5.74, 6) is -0.587. The fourth-order valence-electron chi connectivity index (χ4n) is 2.70. The number of carbonyl (C=O) groups is 2. The van der Waals surface area contributed by atoms with E-state index in [-0.39, 0.29) is 24.0 Å². The maximum Gasteiger partial charge on any atom is 0.346 e. The van der Waals surface area contributed by atoms with Gasteiger partial charge in [-0.05, 0) is 37.5 Å². The van der Waals surface area contributed by atoms with E-state index in [1.807, 2.05) is 4.90 Å². The lowest BCUT2D eigenvalue weighted by Gasteiger charge is -2.15. The molecule has 2 N–H and O–H groups in total. The summed E-state index contributed by atoms with van der Waals surface area (Å²) in [7, 11) is 0. The molecule has 1 saturated heterocycles. The topological polar surface area (TPSA) is 98.7 Å². The first-order chi connectivity index (χ1) is 11.6. The molecule has 0 unspecified atom stereocenters. The third-order valence-corrected chi connectivity index (χ3v) is 4.06. The molecule has 7 heteroatoms. The molecule has 7 nitrogen and oxygen atoms in total. The zero-order valence-electron chi connectivity index (χ0n) is 13.4. The number of benzene rings is 1. The van der Waals surface area contributed by atoms with Crippen molar-refractivity contribution in [1.29, 1.82) is 0 Å². The van der Waals surface area contributed by atoms with Crippen molar-refractivity contribution in [3.05, 3.63) is 46.6 Å². The highest BCUT2D eigenvalue weighted by molar-refractivity contribution is 5.95.